The number of imidazole rings is 1. The van der Waals surface area contributed by atoms with Gasteiger partial charge in [0.1, 0.15) is 29.7 Å². The molecule has 2 aliphatic heterocycles. The maximum absolute atomic E-state index is 16.0. The van der Waals surface area contributed by atoms with Gasteiger partial charge in [0.05, 0.1) is 26.1 Å². The van der Waals surface area contributed by atoms with Gasteiger partial charge in [0, 0.05) is 6.20 Å². The summed E-state index contributed by atoms with van der Waals surface area (Å²) in [4.78, 5) is 38.6. The SMILES string of the molecule is NC(=O)c1cc([C@@H]2CC3COP(O)(=S)O[C@H]4[C@H](F)[C@H](n5cnc6c(N)ncnc65)O[C@@H]4COP(=O)(S)OC[C@H]32)ccn1. The first-order chi connectivity index (χ1) is 19.9. The van der Waals surface area contributed by atoms with E-state index in [1.807, 2.05) is 0 Å². The summed E-state index contributed by atoms with van der Waals surface area (Å²) in [5, 5.41) is 0. The third kappa shape index (κ3) is 5.85. The van der Waals surface area contributed by atoms with Gasteiger partial charge in [-0.15, -0.1) is 0 Å². The van der Waals surface area contributed by atoms with Gasteiger partial charge < -0.3 is 30.1 Å². The molecule has 2 saturated heterocycles. The van der Waals surface area contributed by atoms with Crippen LogP contribution in [0.25, 0.3) is 11.2 Å². The quantitative estimate of drug-likeness (QED) is 0.235. The van der Waals surface area contributed by atoms with Crippen molar-refractivity contribution >= 4 is 60.5 Å². The third-order valence-electron chi connectivity index (χ3n) is 7.61. The molecule has 9 atom stereocenters. The number of pyridine rings is 1. The van der Waals surface area contributed by atoms with Crippen LogP contribution >= 0.6 is 25.8 Å². The minimum absolute atomic E-state index is 0.0508. The van der Waals surface area contributed by atoms with E-state index in [1.165, 1.54) is 23.4 Å². The molecule has 20 heteroatoms. The fourth-order valence-electron chi connectivity index (χ4n) is 5.44. The van der Waals surface area contributed by atoms with Crippen LogP contribution in [0.4, 0.5) is 10.2 Å². The van der Waals surface area contributed by atoms with Gasteiger partial charge in [0.25, 0.3) is 5.91 Å². The van der Waals surface area contributed by atoms with E-state index < -0.39 is 50.6 Å². The Morgan fingerprint density at radius 1 is 1.19 bits per heavy atom. The Hall–Kier alpha value is -2.11. The number of nitrogens with two attached hydrogens (primary N) is 2. The van der Waals surface area contributed by atoms with Crippen molar-refractivity contribution in [3.8, 4) is 0 Å². The Morgan fingerprint density at radius 2 is 1.98 bits per heavy atom. The molecule has 0 bridgehead atoms. The van der Waals surface area contributed by atoms with Crippen LogP contribution in [0.1, 0.15) is 34.6 Å². The van der Waals surface area contributed by atoms with Crippen molar-refractivity contribution in [3.05, 3.63) is 42.2 Å². The van der Waals surface area contributed by atoms with Crippen molar-refractivity contribution in [2.75, 3.05) is 25.6 Å². The lowest BCUT2D eigenvalue weighted by atomic mass is 9.63. The maximum atomic E-state index is 16.0. The second-order valence-corrected chi connectivity index (χ2v) is 15.8. The number of anilines is 1. The largest absolute Gasteiger partial charge is 0.386 e. The molecule has 3 aromatic rings. The molecule has 15 nitrogen and oxygen atoms in total. The Kier molecular flexibility index (Phi) is 8.15. The highest BCUT2D eigenvalue weighted by Gasteiger charge is 2.51. The number of ether oxygens (including phenoxy) is 1. The Bertz CT molecular complexity index is 1620. The lowest BCUT2D eigenvalue weighted by molar-refractivity contribution is -0.0412. The molecule has 3 fully saturated rings. The van der Waals surface area contributed by atoms with Gasteiger partial charge in [-0.25, -0.2) is 23.9 Å². The summed E-state index contributed by atoms with van der Waals surface area (Å²) >= 11 is 9.34. The number of hydrogen-bond acceptors (Lipinski definition) is 13. The average Bonchev–Trinajstić information content (AvgIpc) is 3.48. The maximum Gasteiger partial charge on any atom is 0.386 e. The third-order valence-corrected chi connectivity index (χ3v) is 10.8. The predicted octanol–water partition coefficient (Wildman–Crippen LogP) is 2.26. The number of amides is 1. The average molecular weight is 662 g/mol. The van der Waals surface area contributed by atoms with Gasteiger partial charge in [-0.2, -0.15) is 0 Å². The number of aromatic nitrogens is 5. The molecule has 0 aromatic carbocycles. The van der Waals surface area contributed by atoms with E-state index in [2.05, 4.69) is 32.2 Å². The van der Waals surface area contributed by atoms with Crippen molar-refractivity contribution in [1.82, 2.24) is 24.5 Å². The molecule has 6 rings (SSSR count). The van der Waals surface area contributed by atoms with Crippen LogP contribution in [0.15, 0.2) is 31.0 Å². The van der Waals surface area contributed by atoms with Crippen LogP contribution in [0.3, 0.4) is 0 Å². The number of alkyl halides is 1. The number of carbonyl (C=O) groups is 1. The van der Waals surface area contributed by atoms with Crippen molar-refractivity contribution in [2.45, 2.75) is 36.9 Å². The van der Waals surface area contributed by atoms with E-state index in [0.29, 0.717) is 6.42 Å². The van der Waals surface area contributed by atoms with E-state index in [0.717, 1.165) is 5.56 Å². The fraction of sp³-hybridized carbons (Fsp3) is 0.500. The molecular formula is C22H26FN7O8P2S2. The minimum Gasteiger partial charge on any atom is -0.382 e. The van der Waals surface area contributed by atoms with Gasteiger partial charge >= 0.3 is 13.5 Å². The summed E-state index contributed by atoms with van der Waals surface area (Å²) in [6, 6.07) is 3.33. The number of primary amides is 1. The summed E-state index contributed by atoms with van der Waals surface area (Å²) < 4.78 is 58.7. The molecular weight excluding hydrogens is 635 g/mol. The fourth-order valence-corrected chi connectivity index (χ4v) is 8.09. The first-order valence-electron chi connectivity index (χ1n) is 12.7. The molecule has 5 heterocycles. The Labute approximate surface area is 248 Å². The van der Waals surface area contributed by atoms with Crippen molar-refractivity contribution in [1.29, 1.82) is 0 Å². The number of nitrogens with zero attached hydrogens (tertiary/aromatic N) is 5. The standard InChI is InChI=1S/C22H26FN7O8P2S2/c23-16-18-15(37-22(16)30-9-29-17-19(24)27-8-28-21(17)30)7-36-39(32,41)35-6-13-11(5-34-40(33,42)38-18)3-12(13)10-1-2-26-14(4-10)20(25)31/h1-2,4,8-9,11-13,15-16,18,22H,3,5-7H2,(H2,25,31)(H,32,41)(H,33,42)(H2,24,27,28)/t11?,12-,13+,15+,16-,18+,22+,39?,40?/m0/s1. The monoisotopic (exact) mass is 661 g/mol. The van der Waals surface area contributed by atoms with Crippen molar-refractivity contribution in [3.63, 3.8) is 0 Å². The minimum atomic E-state index is -4.01. The first-order valence-corrected chi connectivity index (χ1v) is 18.0. The van der Waals surface area contributed by atoms with Gasteiger partial charge in [0.15, 0.2) is 23.9 Å². The lowest BCUT2D eigenvalue weighted by Gasteiger charge is -2.45. The highest BCUT2D eigenvalue weighted by Crippen LogP contribution is 2.58. The van der Waals surface area contributed by atoms with Gasteiger partial charge in [0.2, 0.25) is 0 Å². The van der Waals surface area contributed by atoms with E-state index in [9.17, 15) is 14.3 Å². The van der Waals surface area contributed by atoms with Crippen molar-refractivity contribution in [2.24, 2.45) is 17.6 Å². The number of hydrogen-bond donors (Lipinski definition) is 4. The zero-order valence-corrected chi connectivity index (χ0v) is 25.1. The van der Waals surface area contributed by atoms with Crippen LogP contribution in [0.5, 0.6) is 0 Å². The number of nitrogen functional groups attached to an aromatic ring is 1. The number of carbonyl (C=O) groups excluding carboxylic acids is 1. The molecule has 42 heavy (non-hydrogen) atoms. The van der Waals surface area contributed by atoms with Gasteiger partial charge in [-0.3, -0.25) is 23.4 Å². The molecule has 5 N–H and O–H groups in total. The molecule has 1 amide bonds. The highest BCUT2D eigenvalue weighted by molar-refractivity contribution is 8.44. The summed E-state index contributed by atoms with van der Waals surface area (Å²) in [5.41, 5.74) is 12.5. The van der Waals surface area contributed by atoms with E-state index in [-0.39, 0.29) is 53.6 Å². The van der Waals surface area contributed by atoms with Crippen LogP contribution in [-0.2, 0) is 39.2 Å². The molecule has 3 aromatic heterocycles. The van der Waals surface area contributed by atoms with Crippen molar-refractivity contribution < 1.29 is 41.5 Å². The summed E-state index contributed by atoms with van der Waals surface area (Å²) in [7, 11) is 0. The van der Waals surface area contributed by atoms with Gasteiger partial charge in [-0.05, 0) is 53.7 Å². The van der Waals surface area contributed by atoms with E-state index in [1.54, 1.807) is 12.1 Å². The topological polar surface area (TPSA) is 209 Å². The number of rotatable bonds is 3. The molecule has 3 aliphatic rings. The Balaban J connectivity index is 1.24. The smallest absolute Gasteiger partial charge is 0.382 e. The first kappa shape index (κ1) is 29.9. The van der Waals surface area contributed by atoms with Crippen LogP contribution < -0.4 is 11.5 Å². The number of fused-ring (bicyclic) bond motifs is 3. The van der Waals surface area contributed by atoms with E-state index >= 15 is 4.39 Å². The highest BCUT2D eigenvalue weighted by atomic mass is 32.7. The van der Waals surface area contributed by atoms with Crippen LogP contribution in [0, 0.1) is 11.8 Å². The molecule has 3 unspecified atom stereocenters. The number of thiol groups is 1. The normalized spacial score (nSPS) is 37.5. The molecule has 0 spiro atoms. The van der Waals surface area contributed by atoms with Crippen LogP contribution in [-0.4, -0.2) is 73.5 Å². The summed E-state index contributed by atoms with van der Waals surface area (Å²) in [6.07, 6.45) is -1.44. The van der Waals surface area contributed by atoms with Gasteiger partial charge in [-0.1, -0.05) is 12.2 Å². The number of halogens is 1. The lowest BCUT2D eigenvalue weighted by Crippen LogP contribution is -2.40. The second-order valence-electron chi connectivity index (χ2n) is 10.1. The Morgan fingerprint density at radius 3 is 2.76 bits per heavy atom. The molecule has 0 radical (unpaired) electrons. The molecule has 1 aliphatic carbocycles. The summed E-state index contributed by atoms with van der Waals surface area (Å²) in [6.45, 7) is -8.58. The van der Waals surface area contributed by atoms with Crippen LogP contribution in [0.2, 0.25) is 0 Å². The predicted molar refractivity (Wildman–Crippen MR) is 151 cm³/mol. The molecule has 1 saturated carbocycles. The summed E-state index contributed by atoms with van der Waals surface area (Å²) in [5.74, 6) is -1.23. The molecule has 226 valence electrons. The van der Waals surface area contributed by atoms with E-state index in [4.69, 9.17) is 46.1 Å². The second kappa shape index (κ2) is 11.4. The zero-order chi connectivity index (χ0) is 29.8. The zero-order valence-electron chi connectivity index (χ0n) is 21.6.